The lowest BCUT2D eigenvalue weighted by Crippen LogP contribution is -2.29. The molecule has 1 saturated carbocycles. The number of halogens is 2. The van der Waals surface area contributed by atoms with Gasteiger partial charge in [-0.2, -0.15) is 0 Å². The summed E-state index contributed by atoms with van der Waals surface area (Å²) in [4.78, 5) is 0. The molecule has 17 heavy (non-hydrogen) atoms. The van der Waals surface area contributed by atoms with Crippen LogP contribution in [-0.2, 0) is 6.42 Å². The maximum absolute atomic E-state index is 13.7. The van der Waals surface area contributed by atoms with E-state index in [1.54, 1.807) is 6.07 Å². The normalized spacial score (nSPS) is 28.6. The van der Waals surface area contributed by atoms with Gasteiger partial charge in [-0.05, 0) is 55.8 Å². The SMILES string of the molecule is CNC1CCC(Cc2ccc(Cl)cc2F)C1C. The molecule has 0 bridgehead atoms. The van der Waals surface area contributed by atoms with Crippen LogP contribution in [0.4, 0.5) is 4.39 Å². The number of rotatable bonds is 3. The molecule has 1 N–H and O–H groups in total. The second-order valence-corrected chi connectivity index (χ2v) is 5.47. The molecule has 1 nitrogen and oxygen atoms in total. The van der Waals surface area contributed by atoms with Crippen molar-refractivity contribution in [1.82, 2.24) is 5.32 Å². The summed E-state index contributed by atoms with van der Waals surface area (Å²) < 4.78 is 13.7. The molecule has 94 valence electrons. The molecule has 1 aromatic carbocycles. The molecule has 1 aromatic rings. The summed E-state index contributed by atoms with van der Waals surface area (Å²) in [6, 6.07) is 5.58. The first kappa shape index (κ1) is 12.8. The van der Waals surface area contributed by atoms with Crippen molar-refractivity contribution in [1.29, 1.82) is 0 Å². The minimum Gasteiger partial charge on any atom is -0.317 e. The van der Waals surface area contributed by atoms with E-state index in [1.807, 2.05) is 13.1 Å². The van der Waals surface area contributed by atoms with E-state index in [9.17, 15) is 4.39 Å². The van der Waals surface area contributed by atoms with Gasteiger partial charge >= 0.3 is 0 Å². The molecular formula is C14H19ClFN. The van der Waals surface area contributed by atoms with Crippen LogP contribution in [-0.4, -0.2) is 13.1 Å². The van der Waals surface area contributed by atoms with Crippen LogP contribution >= 0.6 is 11.6 Å². The lowest BCUT2D eigenvalue weighted by molar-refractivity contribution is 0.360. The Morgan fingerprint density at radius 2 is 2.18 bits per heavy atom. The summed E-state index contributed by atoms with van der Waals surface area (Å²) >= 11 is 5.76. The van der Waals surface area contributed by atoms with Gasteiger partial charge in [0.2, 0.25) is 0 Å². The molecule has 0 amide bonds. The van der Waals surface area contributed by atoms with Crippen LogP contribution < -0.4 is 5.32 Å². The predicted octanol–water partition coefficient (Wildman–Crippen LogP) is 3.66. The van der Waals surface area contributed by atoms with Crippen molar-refractivity contribution >= 4 is 11.6 Å². The van der Waals surface area contributed by atoms with Gasteiger partial charge in [-0.25, -0.2) is 4.39 Å². The summed E-state index contributed by atoms with van der Waals surface area (Å²) in [5.74, 6) is 1.01. The largest absolute Gasteiger partial charge is 0.317 e. The molecule has 1 fully saturated rings. The molecule has 0 heterocycles. The van der Waals surface area contributed by atoms with Crippen molar-refractivity contribution in [2.75, 3.05) is 7.05 Å². The van der Waals surface area contributed by atoms with Gasteiger partial charge in [0, 0.05) is 11.1 Å². The zero-order chi connectivity index (χ0) is 12.4. The fraction of sp³-hybridized carbons (Fsp3) is 0.571. The smallest absolute Gasteiger partial charge is 0.127 e. The highest BCUT2D eigenvalue weighted by Crippen LogP contribution is 2.34. The average molecular weight is 256 g/mol. The molecule has 0 spiro atoms. The van der Waals surface area contributed by atoms with E-state index in [0.717, 1.165) is 12.0 Å². The maximum atomic E-state index is 13.7. The highest BCUT2D eigenvalue weighted by Gasteiger charge is 2.31. The van der Waals surface area contributed by atoms with E-state index in [0.29, 0.717) is 22.9 Å². The second-order valence-electron chi connectivity index (χ2n) is 5.03. The van der Waals surface area contributed by atoms with Gasteiger partial charge in [0.05, 0.1) is 0 Å². The molecule has 1 aliphatic carbocycles. The predicted molar refractivity (Wildman–Crippen MR) is 69.8 cm³/mol. The van der Waals surface area contributed by atoms with Gasteiger partial charge in [0.15, 0.2) is 0 Å². The van der Waals surface area contributed by atoms with Crippen LogP contribution in [0.3, 0.4) is 0 Å². The average Bonchev–Trinajstić information content (AvgIpc) is 2.64. The number of hydrogen-bond donors (Lipinski definition) is 1. The molecule has 0 aromatic heterocycles. The fourth-order valence-electron chi connectivity index (χ4n) is 2.91. The molecule has 1 aliphatic rings. The van der Waals surface area contributed by atoms with Gasteiger partial charge in [0.1, 0.15) is 5.82 Å². The van der Waals surface area contributed by atoms with E-state index in [2.05, 4.69) is 12.2 Å². The standard InChI is InChI=1S/C14H19ClFN/c1-9-10(4-6-14(9)17-2)7-11-3-5-12(15)8-13(11)16/h3,5,8-10,14,17H,4,6-7H2,1-2H3. The Labute approximate surface area is 107 Å². The quantitative estimate of drug-likeness (QED) is 0.869. The van der Waals surface area contributed by atoms with E-state index < -0.39 is 0 Å². The molecule has 3 heteroatoms. The van der Waals surface area contributed by atoms with Crippen molar-refractivity contribution in [2.24, 2.45) is 11.8 Å². The van der Waals surface area contributed by atoms with Crippen LogP contribution in [0.2, 0.25) is 5.02 Å². The van der Waals surface area contributed by atoms with Gasteiger partial charge < -0.3 is 5.32 Å². The van der Waals surface area contributed by atoms with Crippen molar-refractivity contribution in [3.8, 4) is 0 Å². The first-order chi connectivity index (χ1) is 8.11. The topological polar surface area (TPSA) is 12.0 Å². The Morgan fingerprint density at radius 1 is 1.41 bits per heavy atom. The number of hydrogen-bond acceptors (Lipinski definition) is 1. The Kier molecular flexibility index (Phi) is 4.05. The van der Waals surface area contributed by atoms with Gasteiger partial charge in [-0.1, -0.05) is 24.6 Å². The van der Waals surface area contributed by atoms with Crippen LogP contribution in [0.25, 0.3) is 0 Å². The number of benzene rings is 1. The van der Waals surface area contributed by atoms with Crippen LogP contribution in [0.15, 0.2) is 18.2 Å². The number of nitrogens with one attached hydrogen (secondary N) is 1. The summed E-state index contributed by atoms with van der Waals surface area (Å²) in [5.41, 5.74) is 0.794. The first-order valence-corrected chi connectivity index (χ1v) is 6.60. The molecule has 0 radical (unpaired) electrons. The van der Waals surface area contributed by atoms with Crippen molar-refractivity contribution in [3.05, 3.63) is 34.6 Å². The summed E-state index contributed by atoms with van der Waals surface area (Å²) in [6.45, 7) is 2.26. The van der Waals surface area contributed by atoms with E-state index >= 15 is 0 Å². The van der Waals surface area contributed by atoms with E-state index in [-0.39, 0.29) is 5.82 Å². The third-order valence-corrected chi connectivity index (χ3v) is 4.33. The van der Waals surface area contributed by atoms with E-state index in [4.69, 9.17) is 11.6 Å². The third kappa shape index (κ3) is 2.80. The molecule has 0 aliphatic heterocycles. The minimum absolute atomic E-state index is 0.169. The molecule has 2 rings (SSSR count). The lowest BCUT2D eigenvalue weighted by Gasteiger charge is -2.20. The molecule has 3 atom stereocenters. The van der Waals surface area contributed by atoms with Gasteiger partial charge in [0.25, 0.3) is 0 Å². The summed E-state index contributed by atoms with van der Waals surface area (Å²) in [5, 5.41) is 3.81. The maximum Gasteiger partial charge on any atom is 0.127 e. The van der Waals surface area contributed by atoms with Crippen LogP contribution in [0.1, 0.15) is 25.3 Å². The second kappa shape index (κ2) is 5.36. The molecule has 0 saturated heterocycles. The molecular weight excluding hydrogens is 237 g/mol. The van der Waals surface area contributed by atoms with E-state index in [1.165, 1.54) is 18.9 Å². The highest BCUT2D eigenvalue weighted by atomic mass is 35.5. The first-order valence-electron chi connectivity index (χ1n) is 6.23. The monoisotopic (exact) mass is 255 g/mol. The Hall–Kier alpha value is -0.600. The van der Waals surface area contributed by atoms with Crippen LogP contribution in [0.5, 0.6) is 0 Å². The highest BCUT2D eigenvalue weighted by molar-refractivity contribution is 6.30. The Bertz CT molecular complexity index is 394. The summed E-state index contributed by atoms with van der Waals surface area (Å²) in [7, 11) is 2.01. The van der Waals surface area contributed by atoms with Crippen LogP contribution in [0, 0.1) is 17.7 Å². The summed E-state index contributed by atoms with van der Waals surface area (Å²) in [6.07, 6.45) is 3.19. The Balaban J connectivity index is 2.06. The van der Waals surface area contributed by atoms with Gasteiger partial charge in [-0.3, -0.25) is 0 Å². The third-order valence-electron chi connectivity index (χ3n) is 4.09. The van der Waals surface area contributed by atoms with Crippen molar-refractivity contribution in [3.63, 3.8) is 0 Å². The zero-order valence-corrected chi connectivity index (χ0v) is 11.1. The Morgan fingerprint density at radius 3 is 2.76 bits per heavy atom. The molecule has 3 unspecified atom stereocenters. The fourth-order valence-corrected chi connectivity index (χ4v) is 3.07. The van der Waals surface area contributed by atoms with Gasteiger partial charge in [-0.15, -0.1) is 0 Å². The lowest BCUT2D eigenvalue weighted by atomic mass is 9.89. The minimum atomic E-state index is -0.169. The zero-order valence-electron chi connectivity index (χ0n) is 10.3. The van der Waals surface area contributed by atoms with Crippen molar-refractivity contribution < 1.29 is 4.39 Å². The van der Waals surface area contributed by atoms with Crippen molar-refractivity contribution in [2.45, 2.75) is 32.2 Å².